The Labute approximate surface area is 169 Å². The molecule has 1 fully saturated rings. The van der Waals surface area contributed by atoms with E-state index in [2.05, 4.69) is 25.3 Å². The van der Waals surface area contributed by atoms with Crippen molar-refractivity contribution in [3.63, 3.8) is 0 Å². The molecule has 152 valence electrons. The maximum Gasteiger partial charge on any atom is 0.224 e. The Balaban J connectivity index is 1.42. The molecular weight excluding hydrogens is 370 g/mol. The highest BCUT2D eigenvalue weighted by molar-refractivity contribution is 5.55. The van der Waals surface area contributed by atoms with E-state index >= 15 is 0 Å². The van der Waals surface area contributed by atoms with Crippen LogP contribution in [0, 0.1) is 0 Å². The Bertz CT molecular complexity index is 931. The van der Waals surface area contributed by atoms with Crippen LogP contribution in [0.25, 0.3) is 5.82 Å². The molecule has 0 saturated carbocycles. The van der Waals surface area contributed by atoms with Gasteiger partial charge in [0.1, 0.15) is 17.3 Å². The van der Waals surface area contributed by atoms with Gasteiger partial charge in [-0.2, -0.15) is 15.1 Å². The van der Waals surface area contributed by atoms with Gasteiger partial charge >= 0.3 is 0 Å². The Hall–Kier alpha value is -3.49. The van der Waals surface area contributed by atoms with Gasteiger partial charge in [-0.3, -0.25) is 0 Å². The van der Waals surface area contributed by atoms with Crippen LogP contribution in [-0.2, 0) is 0 Å². The molecule has 0 spiro atoms. The third-order valence-electron chi connectivity index (χ3n) is 5.00. The molecule has 0 amide bonds. The zero-order chi connectivity index (χ0) is 20.2. The maximum absolute atomic E-state index is 5.93. The fourth-order valence-corrected chi connectivity index (χ4v) is 3.50. The number of aromatic nitrogens is 4. The van der Waals surface area contributed by atoms with E-state index in [-0.39, 0.29) is 5.95 Å². The summed E-state index contributed by atoms with van der Waals surface area (Å²) in [4.78, 5) is 10.9. The highest BCUT2D eigenvalue weighted by atomic mass is 16.5. The predicted molar refractivity (Wildman–Crippen MR) is 112 cm³/mol. The summed E-state index contributed by atoms with van der Waals surface area (Å²) in [7, 11) is 3.31. The standard InChI is InChI=1S/C20H25N7O2/c1-28-16-10-15(11-17(12-16)29-2)23-14-4-8-26(9-5-14)18-13-19(25-20(21)24-18)27-7-3-6-22-27/h3,6-7,10-14,23H,4-5,8-9H2,1-2H3,(H2,21,24,25). The fourth-order valence-electron chi connectivity index (χ4n) is 3.50. The van der Waals surface area contributed by atoms with Crippen molar-refractivity contribution in [2.24, 2.45) is 0 Å². The van der Waals surface area contributed by atoms with Gasteiger partial charge in [0, 0.05) is 61.5 Å². The number of nitrogens with one attached hydrogen (secondary N) is 1. The highest BCUT2D eigenvalue weighted by Crippen LogP contribution is 2.28. The van der Waals surface area contributed by atoms with E-state index in [9.17, 15) is 0 Å². The molecule has 0 aliphatic carbocycles. The number of nitrogen functional groups attached to an aromatic ring is 1. The van der Waals surface area contributed by atoms with Crippen LogP contribution in [0.1, 0.15) is 12.8 Å². The van der Waals surface area contributed by atoms with Gasteiger partial charge in [-0.15, -0.1) is 0 Å². The summed E-state index contributed by atoms with van der Waals surface area (Å²) in [6, 6.07) is 9.96. The number of nitrogens with zero attached hydrogens (tertiary/aromatic N) is 5. The average Bonchev–Trinajstić information content (AvgIpc) is 3.28. The molecule has 0 radical (unpaired) electrons. The maximum atomic E-state index is 5.93. The molecule has 0 bridgehead atoms. The third kappa shape index (κ3) is 4.34. The second kappa shape index (κ2) is 8.26. The number of hydrogen-bond acceptors (Lipinski definition) is 8. The van der Waals surface area contributed by atoms with E-state index in [4.69, 9.17) is 15.2 Å². The molecule has 29 heavy (non-hydrogen) atoms. The first kappa shape index (κ1) is 18.9. The lowest BCUT2D eigenvalue weighted by Gasteiger charge is -2.33. The van der Waals surface area contributed by atoms with Crippen LogP contribution >= 0.6 is 0 Å². The molecule has 3 N–H and O–H groups in total. The number of benzene rings is 1. The number of rotatable bonds is 6. The zero-order valence-electron chi connectivity index (χ0n) is 16.6. The van der Waals surface area contributed by atoms with E-state index in [1.54, 1.807) is 25.1 Å². The number of piperidine rings is 1. The summed E-state index contributed by atoms with van der Waals surface area (Å²) in [5.41, 5.74) is 6.92. The molecule has 1 saturated heterocycles. The number of ether oxygens (including phenoxy) is 2. The molecule has 2 aromatic heterocycles. The first-order valence-electron chi connectivity index (χ1n) is 9.54. The van der Waals surface area contributed by atoms with Crippen molar-refractivity contribution in [2.45, 2.75) is 18.9 Å². The van der Waals surface area contributed by atoms with Gasteiger partial charge in [0.25, 0.3) is 0 Å². The van der Waals surface area contributed by atoms with Gasteiger partial charge in [0.15, 0.2) is 5.82 Å². The second-order valence-electron chi connectivity index (χ2n) is 6.90. The molecule has 9 heteroatoms. The SMILES string of the molecule is COc1cc(NC2CCN(c3cc(-n4cccn4)nc(N)n3)CC2)cc(OC)c1. The van der Waals surface area contributed by atoms with Gasteiger partial charge in [-0.05, 0) is 18.9 Å². The van der Waals surface area contributed by atoms with E-state index < -0.39 is 0 Å². The Morgan fingerprint density at radius 3 is 2.31 bits per heavy atom. The lowest BCUT2D eigenvalue weighted by atomic mass is 10.0. The minimum atomic E-state index is 0.247. The number of hydrogen-bond donors (Lipinski definition) is 2. The fraction of sp³-hybridized carbons (Fsp3) is 0.350. The first-order valence-corrected chi connectivity index (χ1v) is 9.54. The molecule has 4 rings (SSSR count). The topological polar surface area (TPSA) is 103 Å². The van der Waals surface area contributed by atoms with Gasteiger partial charge in [-0.25, -0.2) is 4.68 Å². The summed E-state index contributed by atoms with van der Waals surface area (Å²) in [5.74, 6) is 3.28. The molecule has 0 unspecified atom stereocenters. The predicted octanol–water partition coefficient (Wildman–Crippen LogP) is 2.34. The molecule has 3 aromatic rings. The lowest BCUT2D eigenvalue weighted by Crippen LogP contribution is -2.39. The highest BCUT2D eigenvalue weighted by Gasteiger charge is 2.21. The molecule has 3 heterocycles. The van der Waals surface area contributed by atoms with Crippen LogP contribution < -0.4 is 25.4 Å². The first-order chi connectivity index (χ1) is 14.1. The summed E-state index contributed by atoms with van der Waals surface area (Å²) in [5, 5.41) is 7.81. The van der Waals surface area contributed by atoms with Gasteiger partial charge < -0.3 is 25.4 Å². The Morgan fingerprint density at radius 1 is 1.00 bits per heavy atom. The monoisotopic (exact) mass is 395 g/mol. The van der Waals surface area contributed by atoms with Crippen molar-refractivity contribution >= 4 is 17.5 Å². The molecule has 1 aliphatic heterocycles. The van der Waals surface area contributed by atoms with Crippen molar-refractivity contribution in [1.29, 1.82) is 0 Å². The zero-order valence-corrected chi connectivity index (χ0v) is 16.6. The summed E-state index contributed by atoms with van der Waals surface area (Å²) in [6.45, 7) is 1.74. The van der Waals surface area contributed by atoms with Crippen LogP contribution in [0.2, 0.25) is 0 Å². The molecular formula is C20H25N7O2. The van der Waals surface area contributed by atoms with Crippen molar-refractivity contribution in [3.05, 3.63) is 42.7 Å². The second-order valence-corrected chi connectivity index (χ2v) is 6.90. The number of methoxy groups -OCH3 is 2. The molecule has 9 nitrogen and oxygen atoms in total. The van der Waals surface area contributed by atoms with Gasteiger partial charge in [0.05, 0.1) is 14.2 Å². The number of anilines is 3. The van der Waals surface area contributed by atoms with Crippen molar-refractivity contribution < 1.29 is 9.47 Å². The van der Waals surface area contributed by atoms with Crippen molar-refractivity contribution in [2.75, 3.05) is 43.3 Å². The minimum absolute atomic E-state index is 0.247. The quantitative estimate of drug-likeness (QED) is 0.656. The Morgan fingerprint density at radius 2 is 1.69 bits per heavy atom. The third-order valence-corrected chi connectivity index (χ3v) is 5.00. The summed E-state index contributed by atoms with van der Waals surface area (Å²) in [6.07, 6.45) is 5.49. The van der Waals surface area contributed by atoms with Crippen LogP contribution in [0.3, 0.4) is 0 Å². The lowest BCUT2D eigenvalue weighted by molar-refractivity contribution is 0.394. The number of nitrogens with two attached hydrogens (primary N) is 1. The smallest absolute Gasteiger partial charge is 0.224 e. The van der Waals surface area contributed by atoms with Crippen molar-refractivity contribution in [1.82, 2.24) is 19.7 Å². The normalized spacial score (nSPS) is 14.6. The van der Waals surface area contributed by atoms with Crippen LogP contribution in [0.15, 0.2) is 42.7 Å². The van der Waals surface area contributed by atoms with Crippen molar-refractivity contribution in [3.8, 4) is 17.3 Å². The van der Waals surface area contributed by atoms with Gasteiger partial charge in [0.2, 0.25) is 5.95 Å². The van der Waals surface area contributed by atoms with E-state index in [1.165, 1.54) is 0 Å². The van der Waals surface area contributed by atoms with E-state index in [0.29, 0.717) is 11.9 Å². The van der Waals surface area contributed by atoms with Crippen LogP contribution in [-0.4, -0.2) is 53.1 Å². The van der Waals surface area contributed by atoms with E-state index in [1.807, 2.05) is 36.5 Å². The average molecular weight is 395 g/mol. The summed E-state index contributed by atoms with van der Waals surface area (Å²) >= 11 is 0. The Kier molecular flexibility index (Phi) is 5.37. The molecule has 1 aliphatic rings. The minimum Gasteiger partial charge on any atom is -0.497 e. The van der Waals surface area contributed by atoms with E-state index in [0.717, 1.165) is 48.9 Å². The largest absolute Gasteiger partial charge is 0.497 e. The van der Waals surface area contributed by atoms with Crippen LogP contribution in [0.5, 0.6) is 11.5 Å². The van der Waals surface area contributed by atoms with Crippen LogP contribution in [0.4, 0.5) is 17.5 Å². The molecule has 0 atom stereocenters. The summed E-state index contributed by atoms with van der Waals surface area (Å²) < 4.78 is 12.4. The van der Waals surface area contributed by atoms with Gasteiger partial charge in [-0.1, -0.05) is 0 Å². The molecule has 1 aromatic carbocycles.